The second-order valence-corrected chi connectivity index (χ2v) is 6.04. The number of rotatable bonds is 4. The maximum Gasteiger partial charge on any atom is 0.115 e. The van der Waals surface area contributed by atoms with Crippen LogP contribution in [-0.2, 0) is 6.42 Å². The van der Waals surface area contributed by atoms with Gasteiger partial charge in [0.15, 0.2) is 0 Å². The molecule has 106 valence electrons. The molecule has 1 atom stereocenters. The summed E-state index contributed by atoms with van der Waals surface area (Å²) in [6.07, 6.45) is 7.15. The van der Waals surface area contributed by atoms with Crippen LogP contribution < -0.4 is 5.73 Å². The van der Waals surface area contributed by atoms with Crippen LogP contribution in [-0.4, -0.2) is 35.7 Å². The molecule has 0 spiro atoms. The van der Waals surface area contributed by atoms with Gasteiger partial charge in [-0.1, -0.05) is 31.4 Å². The topological polar surface area (TPSA) is 49.5 Å². The first-order chi connectivity index (χ1) is 9.04. The fourth-order valence-corrected chi connectivity index (χ4v) is 3.39. The Bertz CT molecular complexity index is 394. The molecule has 0 heterocycles. The van der Waals surface area contributed by atoms with Crippen molar-refractivity contribution >= 4 is 0 Å². The van der Waals surface area contributed by atoms with Crippen molar-refractivity contribution in [2.45, 2.75) is 50.1 Å². The van der Waals surface area contributed by atoms with Crippen LogP contribution in [0.1, 0.15) is 37.7 Å². The summed E-state index contributed by atoms with van der Waals surface area (Å²) in [6, 6.07) is 7.58. The van der Waals surface area contributed by atoms with E-state index in [1.807, 2.05) is 12.1 Å². The van der Waals surface area contributed by atoms with E-state index < -0.39 is 0 Å². The van der Waals surface area contributed by atoms with Crippen LogP contribution in [0.15, 0.2) is 24.3 Å². The van der Waals surface area contributed by atoms with Crippen molar-refractivity contribution in [2.24, 2.45) is 5.73 Å². The molecule has 3 N–H and O–H groups in total. The van der Waals surface area contributed by atoms with Gasteiger partial charge in [-0.15, -0.1) is 0 Å². The van der Waals surface area contributed by atoms with Crippen molar-refractivity contribution in [1.29, 1.82) is 0 Å². The quantitative estimate of drug-likeness (QED) is 0.876. The zero-order valence-electron chi connectivity index (χ0n) is 12.1. The predicted molar refractivity (Wildman–Crippen MR) is 79.3 cm³/mol. The number of hydrogen-bond acceptors (Lipinski definition) is 3. The third-order valence-electron chi connectivity index (χ3n) is 4.69. The molecule has 0 radical (unpaired) electrons. The molecule has 3 heteroatoms. The molecule has 1 saturated carbocycles. The lowest BCUT2D eigenvalue weighted by molar-refractivity contribution is 0.0716. The van der Waals surface area contributed by atoms with Crippen molar-refractivity contribution in [1.82, 2.24) is 4.90 Å². The van der Waals surface area contributed by atoms with Crippen molar-refractivity contribution in [3.05, 3.63) is 29.8 Å². The van der Waals surface area contributed by atoms with Gasteiger partial charge in [0.1, 0.15) is 5.75 Å². The number of aromatic hydroxyl groups is 1. The molecular weight excluding hydrogens is 236 g/mol. The van der Waals surface area contributed by atoms with Gasteiger partial charge in [-0.2, -0.15) is 0 Å². The molecule has 3 nitrogen and oxygen atoms in total. The fraction of sp³-hybridized carbons (Fsp3) is 0.625. The molecule has 0 amide bonds. The predicted octanol–water partition coefficient (Wildman–Crippen LogP) is 2.53. The van der Waals surface area contributed by atoms with Gasteiger partial charge in [-0.3, -0.25) is 0 Å². The molecule has 1 aromatic rings. The van der Waals surface area contributed by atoms with Gasteiger partial charge in [-0.25, -0.2) is 0 Å². The smallest absolute Gasteiger partial charge is 0.115 e. The number of phenols is 1. The summed E-state index contributed by atoms with van der Waals surface area (Å²) < 4.78 is 0. The van der Waals surface area contributed by atoms with Crippen molar-refractivity contribution < 1.29 is 5.11 Å². The van der Waals surface area contributed by atoms with Crippen molar-refractivity contribution in [3.63, 3.8) is 0 Å². The van der Waals surface area contributed by atoms with Gasteiger partial charge in [0, 0.05) is 11.6 Å². The Hall–Kier alpha value is -1.06. The third-order valence-corrected chi connectivity index (χ3v) is 4.69. The van der Waals surface area contributed by atoms with Crippen molar-refractivity contribution in [2.75, 3.05) is 14.1 Å². The number of benzene rings is 1. The molecule has 2 rings (SSSR count). The molecule has 0 saturated heterocycles. The summed E-state index contributed by atoms with van der Waals surface area (Å²) in [7, 11) is 4.31. The number of likely N-dealkylation sites (N-methyl/N-ethyl adjacent to an activating group) is 1. The highest BCUT2D eigenvalue weighted by Crippen LogP contribution is 2.35. The summed E-state index contributed by atoms with van der Waals surface area (Å²) in [4.78, 5) is 2.33. The Morgan fingerprint density at radius 1 is 1.16 bits per heavy atom. The minimum Gasteiger partial charge on any atom is -0.508 e. The molecule has 0 bridgehead atoms. The Kier molecular flexibility index (Phi) is 4.48. The molecule has 1 fully saturated rings. The van der Waals surface area contributed by atoms with E-state index in [2.05, 4.69) is 19.0 Å². The van der Waals surface area contributed by atoms with E-state index in [4.69, 9.17) is 5.73 Å². The fourth-order valence-electron chi connectivity index (χ4n) is 3.39. The first kappa shape index (κ1) is 14.4. The SMILES string of the molecule is CN(C)C1(C(N)Cc2ccc(O)cc2)CCCCC1. The Balaban J connectivity index is 2.11. The van der Waals surface area contributed by atoms with Gasteiger partial charge < -0.3 is 15.7 Å². The highest BCUT2D eigenvalue weighted by atomic mass is 16.3. The molecule has 1 aliphatic rings. The number of nitrogens with zero attached hydrogens (tertiary/aromatic N) is 1. The standard InChI is InChI=1S/C16H26N2O/c1-18(2)16(10-4-3-5-11-16)15(17)12-13-6-8-14(19)9-7-13/h6-9,15,19H,3-5,10-12,17H2,1-2H3. The van der Waals surface area contributed by atoms with Crippen LogP contribution in [0, 0.1) is 0 Å². The maximum absolute atomic E-state index is 9.34. The monoisotopic (exact) mass is 262 g/mol. The first-order valence-electron chi connectivity index (χ1n) is 7.25. The number of phenolic OH excluding ortho intramolecular Hbond substituents is 1. The lowest BCUT2D eigenvalue weighted by Crippen LogP contribution is -2.59. The van der Waals surface area contributed by atoms with E-state index in [-0.39, 0.29) is 11.6 Å². The van der Waals surface area contributed by atoms with E-state index in [0.29, 0.717) is 5.75 Å². The minimum atomic E-state index is 0.135. The number of nitrogens with two attached hydrogens (primary N) is 1. The van der Waals surface area contributed by atoms with E-state index in [1.54, 1.807) is 12.1 Å². The Morgan fingerprint density at radius 3 is 2.26 bits per heavy atom. The van der Waals surface area contributed by atoms with Crippen LogP contribution in [0.3, 0.4) is 0 Å². The summed E-state index contributed by atoms with van der Waals surface area (Å²) in [5.74, 6) is 0.317. The summed E-state index contributed by atoms with van der Waals surface area (Å²) in [5.41, 5.74) is 7.89. The zero-order chi connectivity index (χ0) is 13.9. The van der Waals surface area contributed by atoms with E-state index >= 15 is 0 Å². The average Bonchev–Trinajstić information content (AvgIpc) is 2.42. The lowest BCUT2D eigenvalue weighted by Gasteiger charge is -2.47. The minimum absolute atomic E-state index is 0.135. The number of hydrogen-bond donors (Lipinski definition) is 2. The molecule has 1 aromatic carbocycles. The Morgan fingerprint density at radius 2 is 1.74 bits per heavy atom. The van der Waals surface area contributed by atoms with Crippen molar-refractivity contribution in [3.8, 4) is 5.75 Å². The first-order valence-corrected chi connectivity index (χ1v) is 7.25. The molecule has 19 heavy (non-hydrogen) atoms. The van der Waals surface area contributed by atoms with Gasteiger partial charge in [0.05, 0.1) is 0 Å². The largest absolute Gasteiger partial charge is 0.508 e. The highest BCUT2D eigenvalue weighted by Gasteiger charge is 2.39. The van der Waals surface area contributed by atoms with Gasteiger partial charge in [0.25, 0.3) is 0 Å². The molecule has 0 aromatic heterocycles. The summed E-state index contributed by atoms with van der Waals surface area (Å²) in [5, 5.41) is 9.34. The van der Waals surface area contributed by atoms with E-state index in [0.717, 1.165) is 6.42 Å². The van der Waals surface area contributed by atoms with Crippen LogP contribution in [0.2, 0.25) is 0 Å². The van der Waals surface area contributed by atoms with Gasteiger partial charge in [-0.05, 0) is 51.1 Å². The van der Waals surface area contributed by atoms with Gasteiger partial charge >= 0.3 is 0 Å². The highest BCUT2D eigenvalue weighted by molar-refractivity contribution is 5.27. The maximum atomic E-state index is 9.34. The third kappa shape index (κ3) is 3.10. The van der Waals surface area contributed by atoms with Crippen LogP contribution in [0.25, 0.3) is 0 Å². The molecule has 1 aliphatic carbocycles. The Labute approximate surface area is 116 Å². The normalized spacial score (nSPS) is 20.4. The van der Waals surface area contributed by atoms with Gasteiger partial charge in [0.2, 0.25) is 0 Å². The zero-order valence-corrected chi connectivity index (χ0v) is 12.1. The van der Waals surface area contributed by atoms with Crippen LogP contribution in [0.5, 0.6) is 5.75 Å². The average molecular weight is 262 g/mol. The van der Waals surface area contributed by atoms with Crippen LogP contribution >= 0.6 is 0 Å². The van der Waals surface area contributed by atoms with Crippen LogP contribution in [0.4, 0.5) is 0 Å². The molecular formula is C16H26N2O. The molecule has 0 aliphatic heterocycles. The lowest BCUT2D eigenvalue weighted by atomic mass is 9.74. The van der Waals surface area contributed by atoms with E-state index in [9.17, 15) is 5.11 Å². The summed E-state index contributed by atoms with van der Waals surface area (Å²) >= 11 is 0. The summed E-state index contributed by atoms with van der Waals surface area (Å²) in [6.45, 7) is 0. The molecule has 1 unspecified atom stereocenters. The van der Waals surface area contributed by atoms with E-state index in [1.165, 1.54) is 37.7 Å². The second kappa shape index (κ2) is 5.93. The second-order valence-electron chi connectivity index (χ2n) is 6.04.